The number of allylic oxidation sites excluding steroid dienone is 4. The Balaban J connectivity index is 2.91. The second kappa shape index (κ2) is 4.59. The Morgan fingerprint density at radius 3 is 2.36 bits per heavy atom. The maximum Gasteiger partial charge on any atom is 0.184 e. The molecule has 14 heavy (non-hydrogen) atoms. The van der Waals surface area contributed by atoms with E-state index in [-0.39, 0.29) is 5.78 Å². The standard InChI is InChI=1S/C13H20O/c1-5-11-7-10(4)8-12(13(11)14)6-9(2)3/h5-6,9-10H,7-8H2,1-4H3/b11-5+,12-6+. The minimum atomic E-state index is 0.277. The normalized spacial score (nSPS) is 29.2. The molecule has 1 heteroatoms. The summed E-state index contributed by atoms with van der Waals surface area (Å²) in [5.41, 5.74) is 2.02. The van der Waals surface area contributed by atoms with E-state index >= 15 is 0 Å². The molecule has 0 aromatic rings. The average Bonchev–Trinajstić information content (AvgIpc) is 2.09. The van der Waals surface area contributed by atoms with Gasteiger partial charge in [-0.3, -0.25) is 4.79 Å². The lowest BCUT2D eigenvalue weighted by Gasteiger charge is -2.22. The van der Waals surface area contributed by atoms with Gasteiger partial charge in [-0.25, -0.2) is 0 Å². The van der Waals surface area contributed by atoms with Gasteiger partial charge in [0.1, 0.15) is 0 Å². The molecule has 0 bridgehead atoms. The lowest BCUT2D eigenvalue weighted by Crippen LogP contribution is -2.18. The SMILES string of the molecule is C/C=C1\CC(C)C/C(=C\C(C)C)C1=O. The average molecular weight is 192 g/mol. The summed E-state index contributed by atoms with van der Waals surface area (Å²) in [4.78, 5) is 11.9. The van der Waals surface area contributed by atoms with Crippen molar-refractivity contribution in [3.63, 3.8) is 0 Å². The van der Waals surface area contributed by atoms with Gasteiger partial charge in [-0.05, 0) is 42.7 Å². The molecular weight excluding hydrogens is 172 g/mol. The van der Waals surface area contributed by atoms with Crippen molar-refractivity contribution in [2.75, 3.05) is 0 Å². The molecule has 0 radical (unpaired) electrons. The minimum absolute atomic E-state index is 0.277. The molecule has 0 aromatic carbocycles. The number of hydrogen-bond donors (Lipinski definition) is 0. The zero-order valence-corrected chi connectivity index (χ0v) is 9.63. The molecule has 0 saturated heterocycles. The van der Waals surface area contributed by atoms with E-state index in [4.69, 9.17) is 0 Å². The van der Waals surface area contributed by atoms with Crippen LogP contribution in [0.5, 0.6) is 0 Å². The van der Waals surface area contributed by atoms with Crippen molar-refractivity contribution in [2.24, 2.45) is 11.8 Å². The minimum Gasteiger partial charge on any atom is -0.289 e. The largest absolute Gasteiger partial charge is 0.289 e. The van der Waals surface area contributed by atoms with E-state index in [1.165, 1.54) is 0 Å². The molecule has 1 saturated carbocycles. The molecule has 0 spiro atoms. The highest BCUT2D eigenvalue weighted by Gasteiger charge is 2.24. The predicted octanol–water partition coefficient (Wildman–Crippen LogP) is 3.51. The summed E-state index contributed by atoms with van der Waals surface area (Å²) < 4.78 is 0. The molecule has 78 valence electrons. The number of carbonyl (C=O) groups excluding carboxylic acids is 1. The van der Waals surface area contributed by atoms with Gasteiger partial charge in [0.25, 0.3) is 0 Å². The van der Waals surface area contributed by atoms with Crippen LogP contribution in [0.15, 0.2) is 23.3 Å². The van der Waals surface area contributed by atoms with Gasteiger partial charge < -0.3 is 0 Å². The van der Waals surface area contributed by atoms with E-state index in [2.05, 4.69) is 26.8 Å². The third kappa shape index (κ3) is 2.57. The fraction of sp³-hybridized carbons (Fsp3) is 0.615. The van der Waals surface area contributed by atoms with Crippen LogP contribution >= 0.6 is 0 Å². The molecule has 0 aromatic heterocycles. The second-order valence-corrected chi connectivity index (χ2v) is 4.59. The van der Waals surface area contributed by atoms with Crippen molar-refractivity contribution in [1.82, 2.24) is 0 Å². The summed E-state index contributed by atoms with van der Waals surface area (Å²) in [6.45, 7) is 8.41. The molecule has 1 aliphatic rings. The van der Waals surface area contributed by atoms with Gasteiger partial charge in [-0.15, -0.1) is 0 Å². The Morgan fingerprint density at radius 2 is 1.86 bits per heavy atom. The first-order chi connectivity index (χ1) is 6.54. The molecule has 1 atom stereocenters. The predicted molar refractivity (Wildman–Crippen MR) is 60.1 cm³/mol. The molecule has 1 rings (SSSR count). The second-order valence-electron chi connectivity index (χ2n) is 4.59. The van der Waals surface area contributed by atoms with Crippen LogP contribution in [0, 0.1) is 11.8 Å². The number of Topliss-reactive ketones (excluding diaryl/α,β-unsaturated/α-hetero) is 1. The summed E-state index contributed by atoms with van der Waals surface area (Å²) in [5, 5.41) is 0. The van der Waals surface area contributed by atoms with Crippen LogP contribution in [0.3, 0.4) is 0 Å². The molecule has 1 unspecified atom stereocenters. The van der Waals surface area contributed by atoms with Crippen LogP contribution in [0.4, 0.5) is 0 Å². The fourth-order valence-corrected chi connectivity index (χ4v) is 2.01. The Morgan fingerprint density at radius 1 is 1.29 bits per heavy atom. The van der Waals surface area contributed by atoms with Crippen LogP contribution in [0.1, 0.15) is 40.5 Å². The van der Waals surface area contributed by atoms with Crippen LogP contribution in [-0.4, -0.2) is 5.78 Å². The Labute approximate surface area is 86.9 Å². The van der Waals surface area contributed by atoms with Gasteiger partial charge in [-0.1, -0.05) is 32.9 Å². The van der Waals surface area contributed by atoms with E-state index in [9.17, 15) is 4.79 Å². The summed E-state index contributed by atoms with van der Waals surface area (Å²) >= 11 is 0. The Kier molecular flexibility index (Phi) is 3.68. The highest BCUT2D eigenvalue weighted by atomic mass is 16.1. The molecule has 1 fully saturated rings. The quantitative estimate of drug-likeness (QED) is 0.581. The highest BCUT2D eigenvalue weighted by Crippen LogP contribution is 2.30. The topological polar surface area (TPSA) is 17.1 Å². The van der Waals surface area contributed by atoms with Crippen LogP contribution in [-0.2, 0) is 4.79 Å². The summed E-state index contributed by atoms with van der Waals surface area (Å²) in [6, 6.07) is 0. The van der Waals surface area contributed by atoms with Crippen LogP contribution in [0.2, 0.25) is 0 Å². The molecule has 1 nitrogen and oxygen atoms in total. The molecule has 0 amide bonds. The summed E-state index contributed by atoms with van der Waals surface area (Å²) in [6.07, 6.45) is 5.98. The molecule has 0 heterocycles. The lowest BCUT2D eigenvalue weighted by molar-refractivity contribution is -0.113. The highest BCUT2D eigenvalue weighted by molar-refractivity contribution is 6.09. The number of carbonyl (C=O) groups is 1. The van der Waals surface area contributed by atoms with E-state index in [0.29, 0.717) is 11.8 Å². The van der Waals surface area contributed by atoms with Gasteiger partial charge in [0.05, 0.1) is 0 Å². The molecule has 1 aliphatic carbocycles. The summed E-state index contributed by atoms with van der Waals surface area (Å²) in [7, 11) is 0. The maximum absolute atomic E-state index is 11.9. The third-order valence-electron chi connectivity index (χ3n) is 2.60. The van der Waals surface area contributed by atoms with Gasteiger partial charge in [0.15, 0.2) is 5.78 Å². The third-order valence-corrected chi connectivity index (χ3v) is 2.60. The van der Waals surface area contributed by atoms with Crippen molar-refractivity contribution in [3.8, 4) is 0 Å². The van der Waals surface area contributed by atoms with Crippen LogP contribution in [0.25, 0.3) is 0 Å². The Hall–Kier alpha value is -0.850. The Bertz CT molecular complexity index is 282. The lowest BCUT2D eigenvalue weighted by atomic mass is 9.81. The van der Waals surface area contributed by atoms with Crippen molar-refractivity contribution in [2.45, 2.75) is 40.5 Å². The van der Waals surface area contributed by atoms with Crippen molar-refractivity contribution < 1.29 is 4.79 Å². The molecule has 0 aliphatic heterocycles. The monoisotopic (exact) mass is 192 g/mol. The van der Waals surface area contributed by atoms with E-state index < -0.39 is 0 Å². The maximum atomic E-state index is 11.9. The van der Waals surface area contributed by atoms with Gasteiger partial charge >= 0.3 is 0 Å². The number of rotatable bonds is 1. The van der Waals surface area contributed by atoms with Crippen molar-refractivity contribution in [1.29, 1.82) is 0 Å². The first-order valence-corrected chi connectivity index (χ1v) is 5.45. The van der Waals surface area contributed by atoms with E-state index in [1.54, 1.807) is 0 Å². The number of ketones is 1. The molecule has 0 N–H and O–H groups in total. The zero-order valence-electron chi connectivity index (χ0n) is 9.63. The number of hydrogen-bond acceptors (Lipinski definition) is 1. The van der Waals surface area contributed by atoms with Gasteiger partial charge in [-0.2, -0.15) is 0 Å². The van der Waals surface area contributed by atoms with E-state index in [1.807, 2.05) is 13.0 Å². The van der Waals surface area contributed by atoms with Gasteiger partial charge in [0.2, 0.25) is 0 Å². The first-order valence-electron chi connectivity index (χ1n) is 5.45. The fourth-order valence-electron chi connectivity index (χ4n) is 2.01. The first kappa shape index (κ1) is 11.2. The van der Waals surface area contributed by atoms with Crippen LogP contribution < -0.4 is 0 Å². The van der Waals surface area contributed by atoms with E-state index in [0.717, 1.165) is 24.0 Å². The zero-order chi connectivity index (χ0) is 10.7. The van der Waals surface area contributed by atoms with Crippen molar-refractivity contribution >= 4 is 5.78 Å². The molecular formula is C13H20O. The van der Waals surface area contributed by atoms with Gasteiger partial charge in [0, 0.05) is 0 Å². The van der Waals surface area contributed by atoms with Crippen molar-refractivity contribution in [3.05, 3.63) is 23.3 Å². The summed E-state index contributed by atoms with van der Waals surface area (Å²) in [5.74, 6) is 1.36. The smallest absolute Gasteiger partial charge is 0.184 e.